The van der Waals surface area contributed by atoms with Crippen molar-refractivity contribution in [3.63, 3.8) is 0 Å². The Morgan fingerprint density at radius 2 is 1.00 bits per heavy atom. The molecular weight excluding hydrogens is 508 g/mol. The minimum atomic E-state index is 0.0362. The monoisotopic (exact) mass is 540 g/mol. The maximum atomic E-state index is 11.5. The van der Waals surface area contributed by atoms with Crippen molar-refractivity contribution in [3.8, 4) is 17.2 Å². The summed E-state index contributed by atoms with van der Waals surface area (Å²) in [5.41, 5.74) is 6.12. The second kappa shape index (κ2) is 12.9. The molecule has 0 bridgehead atoms. The van der Waals surface area contributed by atoms with Gasteiger partial charge in [0.25, 0.3) is 0 Å². The van der Waals surface area contributed by atoms with E-state index in [1.54, 1.807) is 38.1 Å². The van der Waals surface area contributed by atoms with Crippen molar-refractivity contribution in [2.45, 2.75) is 32.8 Å². The highest BCUT2D eigenvalue weighted by molar-refractivity contribution is 5.94. The highest BCUT2D eigenvalue weighted by Crippen LogP contribution is 2.30. The van der Waals surface area contributed by atoms with Gasteiger partial charge in [0, 0.05) is 17.0 Å². The van der Waals surface area contributed by atoms with Crippen molar-refractivity contribution in [1.29, 1.82) is 0 Å². The molecule has 5 aromatic carbocycles. The largest absolute Gasteiger partial charge is 0.489 e. The first-order valence-corrected chi connectivity index (χ1v) is 13.7. The number of hydrogen-bond acceptors (Lipinski definition) is 4. The Balaban J connectivity index is 1.26. The third kappa shape index (κ3) is 7.37. The minimum Gasteiger partial charge on any atom is -0.489 e. The number of hydrogen-bond donors (Lipinski definition) is 0. The molecule has 41 heavy (non-hydrogen) atoms. The lowest BCUT2D eigenvalue weighted by Gasteiger charge is -2.19. The summed E-state index contributed by atoms with van der Waals surface area (Å²) < 4.78 is 11.9. The maximum Gasteiger partial charge on any atom is 0.159 e. The molecule has 0 aromatic heterocycles. The number of ketones is 2. The van der Waals surface area contributed by atoms with E-state index in [0.29, 0.717) is 23.5 Å². The molecule has 0 spiro atoms. The molecule has 0 heterocycles. The van der Waals surface area contributed by atoms with Crippen LogP contribution in [0.2, 0.25) is 0 Å². The van der Waals surface area contributed by atoms with Crippen molar-refractivity contribution in [2.75, 3.05) is 0 Å². The summed E-state index contributed by atoms with van der Waals surface area (Å²) in [5.74, 6) is 2.46. The van der Waals surface area contributed by atoms with Crippen LogP contribution in [0.5, 0.6) is 17.2 Å². The number of ether oxygens (including phenoxy) is 2. The van der Waals surface area contributed by atoms with E-state index in [-0.39, 0.29) is 17.5 Å². The van der Waals surface area contributed by atoms with E-state index in [1.165, 1.54) is 16.7 Å². The van der Waals surface area contributed by atoms with Crippen LogP contribution in [0.15, 0.2) is 127 Å². The van der Waals surface area contributed by atoms with Gasteiger partial charge in [-0.2, -0.15) is 0 Å². The SMILES string of the molecule is CC(=O)c1ccc(OCc2ccc(C(Cc3ccc(Oc4ccc(C(C)=O)cc4)cc3)c3ccccc3)cc2)cc1. The van der Waals surface area contributed by atoms with Gasteiger partial charge < -0.3 is 9.47 Å². The van der Waals surface area contributed by atoms with Crippen LogP contribution in [0.3, 0.4) is 0 Å². The molecule has 0 saturated heterocycles. The summed E-state index contributed by atoms with van der Waals surface area (Å²) in [5, 5.41) is 0. The zero-order chi connectivity index (χ0) is 28.6. The van der Waals surface area contributed by atoms with Crippen LogP contribution < -0.4 is 9.47 Å². The van der Waals surface area contributed by atoms with E-state index in [0.717, 1.165) is 23.5 Å². The predicted octanol–water partition coefficient (Wildman–Crippen LogP) is 8.84. The fraction of sp³-hybridized carbons (Fsp3) is 0.135. The molecule has 0 aliphatic heterocycles. The molecule has 0 aliphatic rings. The summed E-state index contributed by atoms with van der Waals surface area (Å²) in [6.45, 7) is 3.57. The Hall–Kier alpha value is -4.96. The van der Waals surface area contributed by atoms with Gasteiger partial charge in [0.05, 0.1) is 0 Å². The molecule has 204 valence electrons. The van der Waals surface area contributed by atoms with Crippen molar-refractivity contribution in [1.82, 2.24) is 0 Å². The van der Waals surface area contributed by atoms with Crippen LogP contribution in [-0.4, -0.2) is 11.6 Å². The molecular formula is C37H32O4. The third-order valence-corrected chi connectivity index (χ3v) is 7.11. The Morgan fingerprint density at radius 1 is 0.537 bits per heavy atom. The molecule has 0 aliphatic carbocycles. The average Bonchev–Trinajstić information content (AvgIpc) is 3.01. The topological polar surface area (TPSA) is 52.6 Å². The molecule has 0 N–H and O–H groups in total. The van der Waals surface area contributed by atoms with Crippen LogP contribution >= 0.6 is 0 Å². The summed E-state index contributed by atoms with van der Waals surface area (Å²) in [6.07, 6.45) is 0.843. The van der Waals surface area contributed by atoms with Crippen molar-refractivity contribution < 1.29 is 19.1 Å². The standard InChI is InChI=1S/C37H32O4/c1-26(38)30-14-20-34(21-15-30)40-25-29-8-12-33(13-9-29)37(32-6-4-3-5-7-32)24-28-10-18-35(19-11-28)41-36-22-16-31(17-23-36)27(2)39/h3-23,37H,24-25H2,1-2H3. The number of rotatable bonds is 11. The molecule has 0 radical (unpaired) electrons. The van der Waals surface area contributed by atoms with E-state index >= 15 is 0 Å². The molecule has 5 aromatic rings. The van der Waals surface area contributed by atoms with Crippen LogP contribution in [0, 0.1) is 0 Å². The normalized spacial score (nSPS) is 11.5. The smallest absolute Gasteiger partial charge is 0.159 e. The van der Waals surface area contributed by atoms with Gasteiger partial charge in [0.15, 0.2) is 11.6 Å². The van der Waals surface area contributed by atoms with Crippen LogP contribution in [0.4, 0.5) is 0 Å². The Labute approximate surface area is 241 Å². The lowest BCUT2D eigenvalue weighted by atomic mass is 9.85. The fourth-order valence-corrected chi connectivity index (χ4v) is 4.74. The predicted molar refractivity (Wildman–Crippen MR) is 162 cm³/mol. The lowest BCUT2D eigenvalue weighted by molar-refractivity contribution is 0.100. The molecule has 4 heteroatoms. The fourth-order valence-electron chi connectivity index (χ4n) is 4.74. The van der Waals surface area contributed by atoms with Crippen LogP contribution in [-0.2, 0) is 13.0 Å². The average molecular weight is 541 g/mol. The highest BCUT2D eigenvalue weighted by Gasteiger charge is 2.15. The first kappa shape index (κ1) is 27.6. The first-order valence-electron chi connectivity index (χ1n) is 13.7. The van der Waals surface area contributed by atoms with Gasteiger partial charge in [-0.25, -0.2) is 0 Å². The van der Waals surface area contributed by atoms with Gasteiger partial charge in [-0.3, -0.25) is 9.59 Å². The molecule has 4 nitrogen and oxygen atoms in total. The minimum absolute atomic E-state index is 0.0362. The summed E-state index contributed by atoms with van der Waals surface area (Å²) in [6, 6.07) is 41.7. The lowest BCUT2D eigenvalue weighted by Crippen LogP contribution is -2.06. The Kier molecular flexibility index (Phi) is 8.70. The number of Topliss-reactive ketones (excluding diaryl/α,β-unsaturated/α-hetero) is 2. The van der Waals surface area contributed by atoms with Gasteiger partial charge >= 0.3 is 0 Å². The second-order valence-electron chi connectivity index (χ2n) is 10.1. The zero-order valence-electron chi connectivity index (χ0n) is 23.2. The van der Waals surface area contributed by atoms with E-state index in [2.05, 4.69) is 60.7 Å². The highest BCUT2D eigenvalue weighted by atomic mass is 16.5. The molecule has 0 fully saturated rings. The van der Waals surface area contributed by atoms with E-state index < -0.39 is 0 Å². The van der Waals surface area contributed by atoms with Gasteiger partial charge in [0.1, 0.15) is 23.9 Å². The molecule has 0 amide bonds. The van der Waals surface area contributed by atoms with E-state index in [1.807, 2.05) is 42.5 Å². The van der Waals surface area contributed by atoms with Crippen LogP contribution in [0.25, 0.3) is 0 Å². The zero-order valence-corrected chi connectivity index (χ0v) is 23.2. The van der Waals surface area contributed by atoms with Gasteiger partial charge in [-0.15, -0.1) is 0 Å². The third-order valence-electron chi connectivity index (χ3n) is 7.11. The number of benzene rings is 5. The van der Waals surface area contributed by atoms with Gasteiger partial charge in [0.2, 0.25) is 0 Å². The van der Waals surface area contributed by atoms with E-state index in [9.17, 15) is 9.59 Å². The van der Waals surface area contributed by atoms with Crippen molar-refractivity contribution in [2.24, 2.45) is 0 Å². The Morgan fingerprint density at radius 3 is 1.54 bits per heavy atom. The van der Waals surface area contributed by atoms with Crippen molar-refractivity contribution >= 4 is 11.6 Å². The number of carbonyl (C=O) groups is 2. The van der Waals surface area contributed by atoms with E-state index in [4.69, 9.17) is 9.47 Å². The second-order valence-corrected chi connectivity index (χ2v) is 10.1. The molecule has 1 unspecified atom stereocenters. The molecule has 1 atom stereocenters. The first-order chi connectivity index (χ1) is 19.9. The van der Waals surface area contributed by atoms with Crippen LogP contribution in [0.1, 0.15) is 62.7 Å². The van der Waals surface area contributed by atoms with Gasteiger partial charge in [-0.05, 0) is 103 Å². The van der Waals surface area contributed by atoms with Gasteiger partial charge in [-0.1, -0.05) is 66.7 Å². The number of carbonyl (C=O) groups excluding carboxylic acids is 2. The quantitative estimate of drug-likeness (QED) is 0.157. The summed E-state index contributed by atoms with van der Waals surface area (Å²) in [7, 11) is 0. The molecule has 0 saturated carbocycles. The summed E-state index contributed by atoms with van der Waals surface area (Å²) in [4.78, 5) is 23.0. The molecule has 5 rings (SSSR count). The summed E-state index contributed by atoms with van der Waals surface area (Å²) >= 11 is 0. The maximum absolute atomic E-state index is 11.5. The Bertz CT molecular complexity index is 1590. The van der Waals surface area contributed by atoms with Crippen molar-refractivity contribution in [3.05, 3.63) is 161 Å².